The highest BCUT2D eigenvalue weighted by Crippen LogP contribution is 2.23. The number of rotatable bonds is 4. The van der Waals surface area contributed by atoms with Crippen molar-refractivity contribution in [2.24, 2.45) is 0 Å². The maximum Gasteiger partial charge on any atom is 0.276 e. The fraction of sp³-hybridized carbons (Fsp3) is 0.714. The number of nitrogens with zero attached hydrogens (tertiary/aromatic N) is 2. The number of piperazine rings is 1. The molecule has 0 unspecified atom stereocenters. The minimum Gasteiger partial charge on any atom is -0.447 e. The number of hydrogen-bond donors (Lipinski definition) is 1. The number of hydrogen-bond acceptors (Lipinski definition) is 5. The van der Waals surface area contributed by atoms with Gasteiger partial charge in [0.05, 0.1) is 6.54 Å². The van der Waals surface area contributed by atoms with Gasteiger partial charge in [-0.2, -0.15) is 4.31 Å². The molecule has 2 fully saturated rings. The fourth-order valence-electron chi connectivity index (χ4n) is 2.96. The molecule has 7 heteroatoms. The Balaban J connectivity index is 1.71. The first-order chi connectivity index (χ1) is 10.1. The molecule has 0 amide bonds. The third-order valence-electron chi connectivity index (χ3n) is 4.29. The molecule has 0 aromatic carbocycles. The van der Waals surface area contributed by atoms with Crippen LogP contribution in [0.3, 0.4) is 0 Å². The molecule has 3 heterocycles. The van der Waals surface area contributed by atoms with Gasteiger partial charge in [-0.15, -0.1) is 0 Å². The topological polar surface area (TPSA) is 65.8 Å². The molecule has 1 aromatic heterocycles. The van der Waals surface area contributed by atoms with Gasteiger partial charge in [-0.1, -0.05) is 0 Å². The van der Waals surface area contributed by atoms with Crippen LogP contribution in [-0.4, -0.2) is 56.4 Å². The third kappa shape index (κ3) is 3.15. The summed E-state index contributed by atoms with van der Waals surface area (Å²) in [5.74, 6) is 0.724. The zero-order valence-corrected chi connectivity index (χ0v) is 13.2. The first-order valence-corrected chi connectivity index (χ1v) is 9.05. The van der Waals surface area contributed by atoms with E-state index in [0.717, 1.165) is 38.2 Å². The van der Waals surface area contributed by atoms with Crippen molar-refractivity contribution in [1.29, 1.82) is 0 Å². The van der Waals surface area contributed by atoms with Gasteiger partial charge in [-0.3, -0.25) is 4.90 Å². The summed E-state index contributed by atoms with van der Waals surface area (Å²) in [6, 6.07) is 3.82. The van der Waals surface area contributed by atoms with Crippen LogP contribution in [0, 0.1) is 0 Å². The molecule has 2 aliphatic rings. The largest absolute Gasteiger partial charge is 0.447 e. The Bertz CT molecular complexity index is 578. The average molecular weight is 313 g/mol. The van der Waals surface area contributed by atoms with Crippen LogP contribution in [-0.2, 0) is 16.6 Å². The quantitative estimate of drug-likeness (QED) is 0.893. The lowest BCUT2D eigenvalue weighted by atomic mass is 10.2. The van der Waals surface area contributed by atoms with Crippen LogP contribution in [0.5, 0.6) is 0 Å². The van der Waals surface area contributed by atoms with Gasteiger partial charge in [0.15, 0.2) is 0 Å². The van der Waals surface area contributed by atoms with Gasteiger partial charge in [0, 0.05) is 38.8 Å². The zero-order chi connectivity index (χ0) is 14.9. The van der Waals surface area contributed by atoms with E-state index in [4.69, 9.17) is 4.42 Å². The summed E-state index contributed by atoms with van der Waals surface area (Å²) in [7, 11) is -3.44. The minimum absolute atomic E-state index is 0.0854. The van der Waals surface area contributed by atoms with Crippen LogP contribution in [0.1, 0.15) is 25.5 Å². The Morgan fingerprint density at radius 3 is 2.76 bits per heavy atom. The van der Waals surface area contributed by atoms with E-state index in [2.05, 4.69) is 17.1 Å². The van der Waals surface area contributed by atoms with E-state index in [1.54, 1.807) is 12.1 Å². The van der Waals surface area contributed by atoms with Gasteiger partial charge in [0.2, 0.25) is 5.09 Å². The Morgan fingerprint density at radius 2 is 2.05 bits per heavy atom. The van der Waals surface area contributed by atoms with Crippen molar-refractivity contribution in [1.82, 2.24) is 14.5 Å². The molecule has 0 radical (unpaired) electrons. The van der Waals surface area contributed by atoms with E-state index in [1.165, 1.54) is 4.31 Å². The van der Waals surface area contributed by atoms with E-state index in [-0.39, 0.29) is 5.09 Å². The summed E-state index contributed by atoms with van der Waals surface area (Å²) < 4.78 is 32.0. The average Bonchev–Trinajstić information content (AvgIpc) is 3.12. The first-order valence-electron chi connectivity index (χ1n) is 7.61. The Kier molecular flexibility index (Phi) is 4.35. The van der Waals surface area contributed by atoms with Gasteiger partial charge < -0.3 is 9.73 Å². The molecule has 0 aliphatic carbocycles. The summed E-state index contributed by atoms with van der Waals surface area (Å²) in [6.07, 6.45) is 1.87. The summed E-state index contributed by atoms with van der Waals surface area (Å²) in [5.41, 5.74) is 0. The molecule has 0 spiro atoms. The third-order valence-corrected chi connectivity index (χ3v) is 6.07. The smallest absolute Gasteiger partial charge is 0.276 e. The van der Waals surface area contributed by atoms with Crippen LogP contribution < -0.4 is 5.32 Å². The van der Waals surface area contributed by atoms with E-state index < -0.39 is 10.0 Å². The summed E-state index contributed by atoms with van der Waals surface area (Å²) in [5, 5.41) is 3.43. The van der Waals surface area contributed by atoms with Crippen LogP contribution in [0.15, 0.2) is 21.6 Å². The van der Waals surface area contributed by atoms with Crippen LogP contribution in [0.2, 0.25) is 0 Å². The second-order valence-electron chi connectivity index (χ2n) is 5.86. The van der Waals surface area contributed by atoms with Gasteiger partial charge >= 0.3 is 0 Å². The highest BCUT2D eigenvalue weighted by Gasteiger charge is 2.30. The van der Waals surface area contributed by atoms with E-state index >= 15 is 0 Å². The molecule has 2 saturated heterocycles. The molecule has 3 rings (SSSR count). The predicted octanol–water partition coefficient (Wildman–Crippen LogP) is 0.858. The van der Waals surface area contributed by atoms with Crippen molar-refractivity contribution in [3.8, 4) is 0 Å². The highest BCUT2D eigenvalue weighted by atomic mass is 32.2. The monoisotopic (exact) mass is 313 g/mol. The summed E-state index contributed by atoms with van der Waals surface area (Å²) in [4.78, 5) is 2.31. The highest BCUT2D eigenvalue weighted by molar-refractivity contribution is 7.89. The molecule has 1 N–H and O–H groups in total. The second-order valence-corrected chi connectivity index (χ2v) is 7.72. The standard InChI is InChI=1S/C14H23N3O3S/c1-12-10-15-6-9-16(12)11-13-4-5-14(20-13)21(18,19)17-7-2-3-8-17/h4-5,12,15H,2-3,6-11H2,1H3/t12-/m1/s1. The van der Waals surface area contributed by atoms with Crippen molar-refractivity contribution in [2.45, 2.75) is 37.4 Å². The lowest BCUT2D eigenvalue weighted by Gasteiger charge is -2.33. The molecule has 1 atom stereocenters. The van der Waals surface area contributed by atoms with E-state index in [9.17, 15) is 8.42 Å². The van der Waals surface area contributed by atoms with Crippen molar-refractivity contribution in [3.63, 3.8) is 0 Å². The molecular weight excluding hydrogens is 290 g/mol. The van der Waals surface area contributed by atoms with Gasteiger partial charge in [0.1, 0.15) is 5.76 Å². The minimum atomic E-state index is -3.44. The van der Waals surface area contributed by atoms with Crippen molar-refractivity contribution in [2.75, 3.05) is 32.7 Å². The predicted molar refractivity (Wildman–Crippen MR) is 79.4 cm³/mol. The van der Waals surface area contributed by atoms with Gasteiger partial charge in [0.25, 0.3) is 10.0 Å². The fourth-order valence-corrected chi connectivity index (χ4v) is 4.40. The van der Waals surface area contributed by atoms with Crippen LogP contribution in [0.4, 0.5) is 0 Å². The van der Waals surface area contributed by atoms with E-state index in [0.29, 0.717) is 25.7 Å². The second kappa shape index (κ2) is 6.08. The van der Waals surface area contributed by atoms with Crippen molar-refractivity contribution in [3.05, 3.63) is 17.9 Å². The van der Waals surface area contributed by atoms with Gasteiger partial charge in [-0.05, 0) is 31.9 Å². The number of sulfonamides is 1. The molecule has 0 bridgehead atoms. The molecule has 118 valence electrons. The first kappa shape index (κ1) is 15.0. The van der Waals surface area contributed by atoms with E-state index in [1.807, 2.05) is 0 Å². The number of furan rings is 1. The normalized spacial score (nSPS) is 25.5. The van der Waals surface area contributed by atoms with Crippen LogP contribution >= 0.6 is 0 Å². The molecular formula is C14H23N3O3S. The maximum absolute atomic E-state index is 12.4. The number of nitrogens with one attached hydrogen (secondary N) is 1. The Labute approximate surface area is 126 Å². The summed E-state index contributed by atoms with van der Waals surface area (Å²) >= 11 is 0. The van der Waals surface area contributed by atoms with Gasteiger partial charge in [-0.25, -0.2) is 8.42 Å². The summed E-state index contributed by atoms with van der Waals surface area (Å²) in [6.45, 7) is 6.91. The molecule has 0 saturated carbocycles. The van der Waals surface area contributed by atoms with Crippen molar-refractivity contribution < 1.29 is 12.8 Å². The Morgan fingerprint density at radius 1 is 1.29 bits per heavy atom. The SMILES string of the molecule is C[C@@H]1CNCCN1Cc1ccc(S(=O)(=O)N2CCCC2)o1. The van der Waals surface area contributed by atoms with Crippen molar-refractivity contribution >= 4 is 10.0 Å². The molecule has 2 aliphatic heterocycles. The molecule has 21 heavy (non-hydrogen) atoms. The van der Waals surface area contributed by atoms with Crippen LogP contribution in [0.25, 0.3) is 0 Å². The lowest BCUT2D eigenvalue weighted by molar-refractivity contribution is 0.151. The zero-order valence-electron chi connectivity index (χ0n) is 12.4. The molecule has 1 aromatic rings. The maximum atomic E-state index is 12.4. The Hall–Kier alpha value is -0.890. The molecule has 6 nitrogen and oxygen atoms in total. The lowest BCUT2D eigenvalue weighted by Crippen LogP contribution is -2.49.